The van der Waals surface area contributed by atoms with Gasteiger partial charge in [0.05, 0.1) is 5.56 Å². The number of H-pyrrole nitrogens is 1. The molecule has 1 fully saturated rings. The highest BCUT2D eigenvalue weighted by atomic mass is 19.1. The summed E-state index contributed by atoms with van der Waals surface area (Å²) < 4.78 is 15.2. The summed E-state index contributed by atoms with van der Waals surface area (Å²) in [6, 6.07) is 9.32. The number of aromatic amines is 1. The maximum absolute atomic E-state index is 13.8. The van der Waals surface area contributed by atoms with Gasteiger partial charge in [-0.05, 0) is 25.5 Å². The van der Waals surface area contributed by atoms with Gasteiger partial charge in [-0.15, -0.1) is 0 Å². The number of hydrogen-bond acceptors (Lipinski definition) is 3. The summed E-state index contributed by atoms with van der Waals surface area (Å²) in [5.41, 5.74) is 2.02. The number of nitrogens with one attached hydrogen (secondary N) is 1. The largest absolute Gasteiger partial charge is 0.338 e. The molecular formula is C18H17FN4O2. The fourth-order valence-corrected chi connectivity index (χ4v) is 3.34. The van der Waals surface area contributed by atoms with Gasteiger partial charge in [-0.2, -0.15) is 0 Å². The second-order valence-corrected chi connectivity index (χ2v) is 6.36. The number of aromatic nitrogens is 3. The molecule has 25 heavy (non-hydrogen) atoms. The van der Waals surface area contributed by atoms with Gasteiger partial charge in [0.25, 0.3) is 11.5 Å². The molecule has 6 nitrogen and oxygen atoms in total. The van der Waals surface area contributed by atoms with Crippen molar-refractivity contribution in [1.82, 2.24) is 19.5 Å². The van der Waals surface area contributed by atoms with E-state index in [4.69, 9.17) is 0 Å². The summed E-state index contributed by atoms with van der Waals surface area (Å²) in [7, 11) is 0. The van der Waals surface area contributed by atoms with Crippen molar-refractivity contribution in [2.24, 2.45) is 0 Å². The van der Waals surface area contributed by atoms with Gasteiger partial charge >= 0.3 is 0 Å². The number of carbonyl (C=O) groups is 1. The number of benzene rings is 1. The second-order valence-electron chi connectivity index (χ2n) is 6.36. The summed E-state index contributed by atoms with van der Waals surface area (Å²) in [4.78, 5) is 30.5. The minimum atomic E-state index is -0.507. The van der Waals surface area contributed by atoms with Crippen LogP contribution in [0.1, 0.15) is 34.1 Å². The summed E-state index contributed by atoms with van der Waals surface area (Å²) in [6.07, 6.45) is 0.751. The smallest absolute Gasteiger partial charge is 0.272 e. The van der Waals surface area contributed by atoms with E-state index >= 15 is 0 Å². The van der Waals surface area contributed by atoms with Gasteiger partial charge in [-0.1, -0.05) is 12.1 Å². The molecule has 3 heterocycles. The number of rotatable bonds is 2. The van der Waals surface area contributed by atoms with Crippen molar-refractivity contribution in [1.29, 1.82) is 0 Å². The Labute approximate surface area is 142 Å². The predicted octanol–water partition coefficient (Wildman–Crippen LogP) is 2.10. The van der Waals surface area contributed by atoms with E-state index in [1.54, 1.807) is 24.0 Å². The van der Waals surface area contributed by atoms with Crippen LogP contribution >= 0.6 is 0 Å². The third-order valence-electron chi connectivity index (χ3n) is 4.62. The number of fused-ring (bicyclic) bond motifs is 1. The number of likely N-dealkylation sites (tertiary alicyclic amines) is 1. The fraction of sp³-hybridized carbons (Fsp3) is 0.278. The van der Waals surface area contributed by atoms with Crippen LogP contribution in [0.2, 0.25) is 0 Å². The Morgan fingerprint density at radius 2 is 2.12 bits per heavy atom. The molecule has 0 saturated carbocycles. The average molecular weight is 340 g/mol. The molecule has 1 saturated heterocycles. The van der Waals surface area contributed by atoms with Gasteiger partial charge in [0.1, 0.15) is 5.82 Å². The molecule has 0 radical (unpaired) electrons. The zero-order chi connectivity index (χ0) is 17.6. The van der Waals surface area contributed by atoms with Gasteiger partial charge < -0.3 is 4.90 Å². The zero-order valence-corrected chi connectivity index (χ0v) is 13.7. The van der Waals surface area contributed by atoms with Crippen LogP contribution in [0.25, 0.3) is 5.65 Å². The number of halogens is 1. The van der Waals surface area contributed by atoms with Crippen molar-refractivity contribution in [2.45, 2.75) is 19.3 Å². The molecule has 2 aromatic heterocycles. The topological polar surface area (TPSA) is 70.5 Å². The lowest BCUT2D eigenvalue weighted by atomic mass is 10.1. The van der Waals surface area contributed by atoms with Crippen molar-refractivity contribution < 1.29 is 9.18 Å². The first-order valence-corrected chi connectivity index (χ1v) is 8.16. The van der Waals surface area contributed by atoms with Crippen molar-refractivity contribution in [3.63, 3.8) is 0 Å². The Kier molecular flexibility index (Phi) is 3.63. The van der Waals surface area contributed by atoms with E-state index < -0.39 is 5.82 Å². The van der Waals surface area contributed by atoms with Crippen molar-refractivity contribution in [3.05, 3.63) is 69.5 Å². The number of aryl methyl sites for hydroxylation is 1. The Morgan fingerprint density at radius 1 is 1.32 bits per heavy atom. The van der Waals surface area contributed by atoms with Gasteiger partial charge in [-0.25, -0.2) is 13.9 Å². The van der Waals surface area contributed by atoms with E-state index in [1.807, 2.05) is 6.07 Å². The minimum absolute atomic E-state index is 0.0668. The molecule has 7 heteroatoms. The lowest BCUT2D eigenvalue weighted by Crippen LogP contribution is -2.29. The van der Waals surface area contributed by atoms with Crippen LogP contribution in [0.15, 0.2) is 41.2 Å². The Hall–Kier alpha value is -2.96. The molecule has 4 rings (SSSR count). The molecule has 1 N–H and O–H groups in total. The Balaban J connectivity index is 1.59. The first-order valence-electron chi connectivity index (χ1n) is 8.16. The quantitative estimate of drug-likeness (QED) is 0.777. The summed E-state index contributed by atoms with van der Waals surface area (Å²) in [5, 5.41) is 3.07. The molecule has 0 bridgehead atoms. The van der Waals surface area contributed by atoms with Gasteiger partial charge in [0, 0.05) is 42.5 Å². The molecule has 0 spiro atoms. The van der Waals surface area contributed by atoms with Gasteiger partial charge in [0.15, 0.2) is 5.65 Å². The summed E-state index contributed by atoms with van der Waals surface area (Å²) >= 11 is 0. The third-order valence-corrected chi connectivity index (χ3v) is 4.62. The first-order chi connectivity index (χ1) is 12.0. The highest BCUT2D eigenvalue weighted by Crippen LogP contribution is 2.28. The van der Waals surface area contributed by atoms with Crippen LogP contribution in [0, 0.1) is 12.7 Å². The number of nitrogens with zero attached hydrogens (tertiary/aromatic N) is 3. The Bertz CT molecular complexity index is 1020. The lowest BCUT2D eigenvalue weighted by molar-refractivity contribution is 0.0786. The molecular weight excluding hydrogens is 323 g/mol. The second kappa shape index (κ2) is 5.84. The maximum Gasteiger partial charge on any atom is 0.272 e. The van der Waals surface area contributed by atoms with E-state index in [9.17, 15) is 14.0 Å². The van der Waals surface area contributed by atoms with Crippen LogP contribution in [-0.2, 0) is 0 Å². The molecule has 1 aromatic carbocycles. The number of hydrogen-bond donors (Lipinski definition) is 1. The lowest BCUT2D eigenvalue weighted by Gasteiger charge is -2.16. The van der Waals surface area contributed by atoms with Crippen LogP contribution in [0.3, 0.4) is 0 Å². The zero-order valence-electron chi connectivity index (χ0n) is 13.7. The number of carbonyl (C=O) groups excluding carboxylic acids is 1. The molecule has 3 aromatic rings. The van der Waals surface area contributed by atoms with Crippen molar-refractivity contribution in [3.8, 4) is 0 Å². The third kappa shape index (κ3) is 2.71. The molecule has 1 aliphatic rings. The monoisotopic (exact) mass is 340 g/mol. The van der Waals surface area contributed by atoms with Crippen LogP contribution in [-0.4, -0.2) is 38.5 Å². The summed E-state index contributed by atoms with van der Waals surface area (Å²) in [5.74, 6) is -0.743. The average Bonchev–Trinajstić information content (AvgIpc) is 3.21. The normalized spacial score (nSPS) is 17.4. The molecule has 1 amide bonds. The Morgan fingerprint density at radius 3 is 2.92 bits per heavy atom. The molecule has 1 unspecified atom stereocenters. The molecule has 1 aliphatic heterocycles. The van der Waals surface area contributed by atoms with Crippen LogP contribution in [0.5, 0.6) is 0 Å². The van der Waals surface area contributed by atoms with Gasteiger partial charge in [-0.3, -0.25) is 14.7 Å². The predicted molar refractivity (Wildman–Crippen MR) is 90.2 cm³/mol. The van der Waals surface area contributed by atoms with E-state index in [0.717, 1.165) is 12.1 Å². The molecule has 1 atom stereocenters. The van der Waals surface area contributed by atoms with E-state index in [1.165, 1.54) is 22.7 Å². The van der Waals surface area contributed by atoms with E-state index in [-0.39, 0.29) is 22.9 Å². The maximum atomic E-state index is 13.8. The first kappa shape index (κ1) is 15.6. The standard InChI is InChI=1S/C18H17FN4O2/c1-11-8-17(24)23-16(20-11)9-15(21-23)12-6-7-22(10-12)18(25)13-4-2-3-5-14(13)19/h2-5,8-9,12,21H,6-7,10H2,1H3. The van der Waals surface area contributed by atoms with Crippen molar-refractivity contribution >= 4 is 11.6 Å². The highest BCUT2D eigenvalue weighted by molar-refractivity contribution is 5.94. The van der Waals surface area contributed by atoms with Gasteiger partial charge in [0.2, 0.25) is 0 Å². The summed E-state index contributed by atoms with van der Waals surface area (Å²) in [6.45, 7) is 2.81. The van der Waals surface area contributed by atoms with Crippen LogP contribution < -0.4 is 5.56 Å². The molecule has 128 valence electrons. The SMILES string of the molecule is Cc1cc(=O)n2[nH]c(C3CCN(C(=O)c4ccccc4F)C3)cc2n1. The fourth-order valence-electron chi connectivity index (χ4n) is 3.34. The van der Waals surface area contributed by atoms with Crippen molar-refractivity contribution in [2.75, 3.05) is 13.1 Å². The van der Waals surface area contributed by atoms with E-state index in [2.05, 4.69) is 10.1 Å². The van der Waals surface area contributed by atoms with Crippen LogP contribution in [0.4, 0.5) is 4.39 Å². The van der Waals surface area contributed by atoms with E-state index in [0.29, 0.717) is 24.4 Å². The minimum Gasteiger partial charge on any atom is -0.338 e. The highest BCUT2D eigenvalue weighted by Gasteiger charge is 2.30. The molecule has 0 aliphatic carbocycles. The number of amides is 1.